The molecule has 0 bridgehead atoms. The van der Waals surface area contributed by atoms with Gasteiger partial charge >= 0.3 is 0 Å². The molecule has 0 heterocycles. The van der Waals surface area contributed by atoms with Crippen molar-refractivity contribution < 1.29 is 0 Å². The molecule has 3 heteroatoms. The molecule has 3 nitrogen and oxygen atoms in total. The number of nitrogens with zero attached hydrogens (tertiary/aromatic N) is 3. The van der Waals surface area contributed by atoms with Gasteiger partial charge in [-0.1, -0.05) is 141 Å². The van der Waals surface area contributed by atoms with E-state index in [1.54, 1.807) is 0 Å². The van der Waals surface area contributed by atoms with E-state index in [0.717, 1.165) is 34.1 Å². The summed E-state index contributed by atoms with van der Waals surface area (Å²) in [6.07, 6.45) is 0. The Labute approximate surface area is 344 Å². The summed E-state index contributed by atoms with van der Waals surface area (Å²) in [5.41, 5.74) is 12.1. The Morgan fingerprint density at radius 2 is 0.881 bits per heavy atom. The molecule has 1 aliphatic rings. The molecule has 0 radical (unpaired) electrons. The van der Waals surface area contributed by atoms with Crippen molar-refractivity contribution in [2.24, 2.45) is 0 Å². The molecule has 0 spiro atoms. The average Bonchev–Trinajstić information content (AvgIpc) is 3.53. The summed E-state index contributed by atoms with van der Waals surface area (Å²) in [6.45, 7) is 12.4. The summed E-state index contributed by atoms with van der Waals surface area (Å²) < 4.78 is 0. The molecule has 11 rings (SSSR count). The van der Waals surface area contributed by atoms with E-state index >= 15 is 0 Å². The van der Waals surface area contributed by atoms with Crippen molar-refractivity contribution in [2.45, 2.75) is 19.3 Å². The molecule has 1 aliphatic carbocycles. The smallest absolute Gasteiger partial charge is 0.187 e. The minimum absolute atomic E-state index is 0.301. The standard InChI is InChI=1S/C56H39N3/c1-56(2)53-36-47(59(43-27-23-41(57-3)24-28-43)45-26-22-38-14-8-10-16-40(38)34-45)30-32-51(53)54-49-20-12-11-19-48(49)52-35-46(29-31-50(52)55(54)56)58(42-17-5-4-6-18-42)44-25-21-37-13-7-9-15-39(37)33-44/h4-36H,1-2H3. The molecule has 0 saturated carbocycles. The second kappa shape index (κ2) is 13.5. The van der Waals surface area contributed by atoms with E-state index in [0.29, 0.717) is 5.69 Å². The van der Waals surface area contributed by atoms with E-state index in [2.05, 4.69) is 217 Å². The number of hydrogen-bond acceptors (Lipinski definition) is 2. The van der Waals surface area contributed by atoms with Crippen LogP contribution in [0.5, 0.6) is 0 Å². The largest absolute Gasteiger partial charge is 0.311 e. The lowest BCUT2D eigenvalue weighted by Crippen LogP contribution is -2.17. The molecule has 0 saturated heterocycles. The highest BCUT2D eigenvalue weighted by molar-refractivity contribution is 6.19. The third-order valence-corrected chi connectivity index (χ3v) is 12.3. The van der Waals surface area contributed by atoms with Gasteiger partial charge in [0.15, 0.2) is 5.69 Å². The number of rotatable bonds is 6. The van der Waals surface area contributed by atoms with Gasteiger partial charge in [-0.2, -0.15) is 0 Å². The molecular formula is C56H39N3. The lowest BCUT2D eigenvalue weighted by Gasteiger charge is -2.29. The van der Waals surface area contributed by atoms with Gasteiger partial charge in [0.05, 0.1) is 6.57 Å². The van der Waals surface area contributed by atoms with Crippen LogP contribution in [0.1, 0.15) is 25.0 Å². The molecule has 59 heavy (non-hydrogen) atoms. The van der Waals surface area contributed by atoms with Crippen LogP contribution in [0, 0.1) is 6.57 Å². The number of anilines is 6. The number of para-hydroxylation sites is 1. The quantitative estimate of drug-likeness (QED) is 0.124. The van der Waals surface area contributed by atoms with E-state index in [-0.39, 0.29) is 5.41 Å². The fourth-order valence-electron chi connectivity index (χ4n) is 9.57. The van der Waals surface area contributed by atoms with Gasteiger partial charge in [0.2, 0.25) is 0 Å². The van der Waals surface area contributed by atoms with Crippen LogP contribution >= 0.6 is 0 Å². The molecule has 0 aromatic heterocycles. The highest BCUT2D eigenvalue weighted by atomic mass is 15.1. The van der Waals surface area contributed by atoms with Gasteiger partial charge < -0.3 is 9.80 Å². The molecule has 10 aromatic carbocycles. The predicted molar refractivity (Wildman–Crippen MR) is 250 cm³/mol. The second-order valence-electron chi connectivity index (χ2n) is 16.1. The zero-order valence-electron chi connectivity index (χ0n) is 32.9. The predicted octanol–water partition coefficient (Wildman–Crippen LogP) is 16.1. The van der Waals surface area contributed by atoms with E-state index in [1.165, 1.54) is 65.3 Å². The summed E-state index contributed by atoms with van der Waals surface area (Å²) in [4.78, 5) is 8.39. The van der Waals surface area contributed by atoms with Gasteiger partial charge in [0.1, 0.15) is 0 Å². The fraction of sp³-hybridized carbons (Fsp3) is 0.0536. The molecule has 0 unspecified atom stereocenters. The van der Waals surface area contributed by atoms with Crippen LogP contribution in [0.15, 0.2) is 200 Å². The van der Waals surface area contributed by atoms with Crippen LogP contribution in [-0.4, -0.2) is 0 Å². The summed E-state index contributed by atoms with van der Waals surface area (Å²) >= 11 is 0. The van der Waals surface area contributed by atoms with E-state index in [4.69, 9.17) is 6.57 Å². The Bertz CT molecular complexity index is 3320. The third-order valence-electron chi connectivity index (χ3n) is 12.3. The Morgan fingerprint density at radius 3 is 1.53 bits per heavy atom. The van der Waals surface area contributed by atoms with Gasteiger partial charge in [-0.3, -0.25) is 0 Å². The monoisotopic (exact) mass is 753 g/mol. The normalized spacial score (nSPS) is 12.7. The first-order valence-corrected chi connectivity index (χ1v) is 20.2. The van der Waals surface area contributed by atoms with Crippen LogP contribution in [-0.2, 0) is 5.41 Å². The fourth-order valence-corrected chi connectivity index (χ4v) is 9.57. The van der Waals surface area contributed by atoms with Crippen molar-refractivity contribution in [1.29, 1.82) is 0 Å². The maximum Gasteiger partial charge on any atom is 0.187 e. The first-order chi connectivity index (χ1) is 29.0. The van der Waals surface area contributed by atoms with Crippen LogP contribution < -0.4 is 9.80 Å². The van der Waals surface area contributed by atoms with Crippen molar-refractivity contribution in [3.05, 3.63) is 223 Å². The van der Waals surface area contributed by atoms with Gasteiger partial charge in [-0.05, 0) is 138 Å². The van der Waals surface area contributed by atoms with Crippen molar-refractivity contribution in [3.63, 3.8) is 0 Å². The number of fused-ring (bicyclic) bond motifs is 10. The Kier molecular flexibility index (Phi) is 7.90. The van der Waals surface area contributed by atoms with Crippen LogP contribution in [0.3, 0.4) is 0 Å². The lowest BCUT2D eigenvalue weighted by atomic mass is 9.79. The van der Waals surface area contributed by atoms with Gasteiger partial charge in [-0.15, -0.1) is 0 Å². The van der Waals surface area contributed by atoms with Crippen LogP contribution in [0.2, 0.25) is 0 Å². The summed E-state index contributed by atoms with van der Waals surface area (Å²) in [7, 11) is 0. The highest BCUT2D eigenvalue weighted by Gasteiger charge is 2.39. The number of benzene rings is 10. The highest BCUT2D eigenvalue weighted by Crippen LogP contribution is 2.56. The zero-order valence-corrected chi connectivity index (χ0v) is 32.9. The minimum Gasteiger partial charge on any atom is -0.311 e. The van der Waals surface area contributed by atoms with E-state index in [1.807, 2.05) is 12.1 Å². The Morgan fingerprint density at radius 1 is 0.390 bits per heavy atom. The first kappa shape index (κ1) is 34.6. The van der Waals surface area contributed by atoms with Crippen molar-refractivity contribution in [1.82, 2.24) is 0 Å². The van der Waals surface area contributed by atoms with Gasteiger partial charge in [0, 0.05) is 39.5 Å². The average molecular weight is 754 g/mol. The van der Waals surface area contributed by atoms with Crippen molar-refractivity contribution in [2.75, 3.05) is 9.80 Å². The third kappa shape index (κ3) is 5.57. The molecule has 0 N–H and O–H groups in total. The first-order valence-electron chi connectivity index (χ1n) is 20.2. The summed E-state index contributed by atoms with van der Waals surface area (Å²) in [6, 6.07) is 72.2. The number of hydrogen-bond donors (Lipinski definition) is 0. The van der Waals surface area contributed by atoms with Crippen molar-refractivity contribution >= 4 is 82.9 Å². The Balaban J connectivity index is 1.10. The summed E-state index contributed by atoms with van der Waals surface area (Å²) in [5.74, 6) is 0. The van der Waals surface area contributed by atoms with Gasteiger partial charge in [-0.25, -0.2) is 4.85 Å². The molecule has 0 atom stereocenters. The van der Waals surface area contributed by atoms with Crippen LogP contribution in [0.25, 0.3) is 59.1 Å². The minimum atomic E-state index is -0.301. The molecule has 278 valence electrons. The maximum absolute atomic E-state index is 7.59. The second-order valence-corrected chi connectivity index (χ2v) is 16.1. The molecule has 10 aromatic rings. The van der Waals surface area contributed by atoms with E-state index < -0.39 is 0 Å². The molecule has 0 fully saturated rings. The summed E-state index contributed by atoms with van der Waals surface area (Å²) in [5, 5.41) is 9.88. The maximum atomic E-state index is 7.59. The molecule has 0 amide bonds. The topological polar surface area (TPSA) is 10.8 Å². The van der Waals surface area contributed by atoms with E-state index in [9.17, 15) is 0 Å². The van der Waals surface area contributed by atoms with Crippen molar-refractivity contribution in [3.8, 4) is 11.1 Å². The van der Waals surface area contributed by atoms with Gasteiger partial charge in [0.25, 0.3) is 0 Å². The van der Waals surface area contributed by atoms with Crippen LogP contribution in [0.4, 0.5) is 39.8 Å². The zero-order chi connectivity index (χ0) is 39.7. The lowest BCUT2D eigenvalue weighted by molar-refractivity contribution is 0.666. The molecule has 0 aliphatic heterocycles. The molecular weight excluding hydrogens is 715 g/mol. The Hall–Kier alpha value is -7.67. The SMILES string of the molecule is [C-]#[N+]c1ccc(N(c2ccc3c(c2)C(C)(C)c2c-3c3ccccc3c3cc(N(c4ccccc4)c4ccc5ccccc5c4)ccc23)c2ccc3ccccc3c2)cc1.